The number of benzene rings is 1. The third kappa shape index (κ3) is 3.91. The van der Waals surface area contributed by atoms with E-state index < -0.39 is 5.97 Å². The molecule has 7 heteroatoms. The van der Waals surface area contributed by atoms with Gasteiger partial charge in [-0.15, -0.1) is 0 Å². The number of carbonyl (C=O) groups is 2. The summed E-state index contributed by atoms with van der Waals surface area (Å²) in [4.78, 5) is 25.1. The Bertz CT molecular complexity index is 1310. The minimum absolute atomic E-state index is 0.0417. The van der Waals surface area contributed by atoms with Gasteiger partial charge < -0.3 is 13.7 Å². The number of rotatable bonds is 6. The molecule has 4 rings (SSSR count). The zero-order valence-electron chi connectivity index (χ0n) is 18.2. The van der Waals surface area contributed by atoms with Crippen molar-refractivity contribution in [3.8, 4) is 5.82 Å². The number of hydrogen-bond donors (Lipinski definition) is 0. The van der Waals surface area contributed by atoms with Gasteiger partial charge in [0.2, 0.25) is 5.78 Å². The second-order valence-electron chi connectivity index (χ2n) is 7.87. The number of Topliss-reactive ketones (excluding diaryl/α,β-unsaturated/α-hetero) is 1. The van der Waals surface area contributed by atoms with E-state index in [1.807, 2.05) is 51.3 Å². The minimum atomic E-state index is -0.477. The summed E-state index contributed by atoms with van der Waals surface area (Å²) in [6.07, 6.45) is 1.61. The Hall–Kier alpha value is -3.61. The molecule has 31 heavy (non-hydrogen) atoms. The van der Waals surface area contributed by atoms with Crippen LogP contribution in [0.4, 0.5) is 0 Å². The summed E-state index contributed by atoms with van der Waals surface area (Å²) in [7, 11) is 0. The zero-order valence-corrected chi connectivity index (χ0v) is 18.2. The molecule has 160 valence electrons. The van der Waals surface area contributed by atoms with Gasteiger partial charge in [-0.05, 0) is 63.9 Å². The van der Waals surface area contributed by atoms with Gasteiger partial charge in [0.05, 0.1) is 12.7 Å². The van der Waals surface area contributed by atoms with E-state index in [0.29, 0.717) is 17.1 Å². The molecule has 0 aliphatic heterocycles. The molecule has 0 saturated heterocycles. The van der Waals surface area contributed by atoms with E-state index in [1.165, 1.54) is 0 Å². The van der Waals surface area contributed by atoms with E-state index in [2.05, 4.69) is 5.16 Å². The molecule has 0 N–H and O–H groups in total. The van der Waals surface area contributed by atoms with Crippen molar-refractivity contribution in [1.82, 2.24) is 9.72 Å². The number of fused-ring (bicyclic) bond motifs is 1. The summed E-state index contributed by atoms with van der Waals surface area (Å²) < 4.78 is 17.8. The lowest BCUT2D eigenvalue weighted by Crippen LogP contribution is -2.16. The Labute approximate surface area is 179 Å². The van der Waals surface area contributed by atoms with Gasteiger partial charge in [0.25, 0.3) is 0 Å². The molecular weight excluding hydrogens is 396 g/mol. The molecule has 0 atom stereocenters. The fourth-order valence-electron chi connectivity index (χ4n) is 3.76. The highest BCUT2D eigenvalue weighted by Crippen LogP contribution is 2.25. The van der Waals surface area contributed by atoms with Gasteiger partial charge >= 0.3 is 5.97 Å². The first-order chi connectivity index (χ1) is 14.7. The second kappa shape index (κ2) is 7.91. The van der Waals surface area contributed by atoms with Crippen molar-refractivity contribution in [1.29, 1.82) is 0 Å². The minimum Gasteiger partial charge on any atom is -0.464 e. The van der Waals surface area contributed by atoms with Crippen LogP contribution in [0.15, 0.2) is 39.5 Å². The molecule has 0 amide bonds. The van der Waals surface area contributed by atoms with Gasteiger partial charge in [-0.1, -0.05) is 5.16 Å². The van der Waals surface area contributed by atoms with Crippen LogP contribution in [0.3, 0.4) is 0 Å². The third-order valence-corrected chi connectivity index (χ3v) is 5.55. The van der Waals surface area contributed by atoms with E-state index in [9.17, 15) is 9.59 Å². The van der Waals surface area contributed by atoms with Crippen molar-refractivity contribution in [3.05, 3.63) is 69.9 Å². The van der Waals surface area contributed by atoms with Gasteiger partial charge in [0.15, 0.2) is 12.4 Å². The van der Waals surface area contributed by atoms with Crippen LogP contribution in [0, 0.1) is 34.6 Å². The van der Waals surface area contributed by atoms with Crippen LogP contribution in [0.2, 0.25) is 0 Å². The number of carbonyl (C=O) groups excluding carboxylic acids is 2. The molecule has 0 fully saturated rings. The van der Waals surface area contributed by atoms with Crippen LogP contribution in [-0.2, 0) is 16.0 Å². The fraction of sp³-hybridized carbons (Fsp3) is 0.292. The molecule has 0 bridgehead atoms. The molecule has 3 aromatic heterocycles. The predicted molar refractivity (Wildman–Crippen MR) is 115 cm³/mol. The monoisotopic (exact) mass is 420 g/mol. The van der Waals surface area contributed by atoms with E-state index >= 15 is 0 Å². The summed E-state index contributed by atoms with van der Waals surface area (Å²) in [6, 6.07) is 7.52. The normalized spacial score (nSPS) is 11.3. The maximum absolute atomic E-state index is 12.7. The Morgan fingerprint density at radius 3 is 2.48 bits per heavy atom. The molecule has 4 aromatic rings. The molecule has 0 spiro atoms. The van der Waals surface area contributed by atoms with Crippen LogP contribution >= 0.6 is 0 Å². The van der Waals surface area contributed by atoms with Gasteiger partial charge in [0.1, 0.15) is 11.3 Å². The zero-order chi connectivity index (χ0) is 22.3. The predicted octanol–water partition coefficient (Wildman–Crippen LogP) is 4.72. The van der Waals surface area contributed by atoms with Crippen molar-refractivity contribution < 1.29 is 23.3 Å². The SMILES string of the molecule is Cc1cc(-n2c(C)cc(C(=O)COC(=O)Cc3coc4cc(C)c(C)cc34)c2C)no1. The smallest absolute Gasteiger partial charge is 0.310 e. The van der Waals surface area contributed by atoms with Crippen molar-refractivity contribution in [2.24, 2.45) is 0 Å². The fourth-order valence-corrected chi connectivity index (χ4v) is 3.76. The standard InChI is InChI=1S/C24H24N2O5/c1-13-6-20-18(11-29-22(20)7-14(13)2)10-24(28)30-12-21(27)19-8-15(3)26(17(19)5)23-9-16(4)31-25-23/h6-9,11H,10,12H2,1-5H3. The maximum atomic E-state index is 12.7. The maximum Gasteiger partial charge on any atom is 0.310 e. The largest absolute Gasteiger partial charge is 0.464 e. The third-order valence-electron chi connectivity index (χ3n) is 5.55. The second-order valence-corrected chi connectivity index (χ2v) is 7.87. The summed E-state index contributed by atoms with van der Waals surface area (Å²) in [6.45, 7) is 9.22. The molecule has 3 heterocycles. The quantitative estimate of drug-likeness (QED) is 0.331. The van der Waals surface area contributed by atoms with Crippen LogP contribution in [-0.4, -0.2) is 28.1 Å². The van der Waals surface area contributed by atoms with Crippen molar-refractivity contribution in [3.63, 3.8) is 0 Å². The van der Waals surface area contributed by atoms with Crippen LogP contribution in [0.5, 0.6) is 0 Å². The Kier molecular flexibility index (Phi) is 5.27. The number of aromatic nitrogens is 2. The lowest BCUT2D eigenvalue weighted by Gasteiger charge is -2.06. The molecule has 0 radical (unpaired) electrons. The number of aryl methyl sites for hydroxylation is 4. The summed E-state index contributed by atoms with van der Waals surface area (Å²) in [5, 5.41) is 4.90. The van der Waals surface area contributed by atoms with Crippen LogP contribution in [0.25, 0.3) is 16.8 Å². The first-order valence-electron chi connectivity index (χ1n) is 10.0. The number of nitrogens with zero attached hydrogens (tertiary/aromatic N) is 2. The molecular formula is C24H24N2O5. The molecule has 0 saturated carbocycles. The van der Waals surface area contributed by atoms with E-state index in [4.69, 9.17) is 13.7 Å². The highest BCUT2D eigenvalue weighted by atomic mass is 16.5. The Balaban J connectivity index is 1.45. The highest BCUT2D eigenvalue weighted by Gasteiger charge is 2.20. The van der Waals surface area contributed by atoms with Crippen molar-refractivity contribution in [2.45, 2.75) is 41.0 Å². The summed E-state index contributed by atoms with van der Waals surface area (Å²) in [5.41, 5.74) is 5.78. The average Bonchev–Trinajstić information content (AvgIpc) is 3.39. The molecule has 7 nitrogen and oxygen atoms in total. The van der Waals surface area contributed by atoms with Crippen molar-refractivity contribution >= 4 is 22.7 Å². The van der Waals surface area contributed by atoms with E-state index in [-0.39, 0.29) is 18.8 Å². The van der Waals surface area contributed by atoms with Gasteiger partial charge in [-0.25, -0.2) is 0 Å². The van der Waals surface area contributed by atoms with Crippen molar-refractivity contribution in [2.75, 3.05) is 6.61 Å². The lowest BCUT2D eigenvalue weighted by atomic mass is 10.0. The van der Waals surface area contributed by atoms with E-state index in [1.54, 1.807) is 18.4 Å². The van der Waals surface area contributed by atoms with Gasteiger partial charge in [-0.2, -0.15) is 0 Å². The number of ether oxygens (including phenoxy) is 1. The number of furan rings is 1. The Morgan fingerprint density at radius 2 is 1.77 bits per heavy atom. The number of ketones is 1. The molecule has 0 aliphatic rings. The number of hydrogen-bond acceptors (Lipinski definition) is 6. The Morgan fingerprint density at radius 1 is 1.03 bits per heavy atom. The molecule has 1 aromatic carbocycles. The number of esters is 1. The highest BCUT2D eigenvalue weighted by molar-refractivity contribution is 5.99. The summed E-state index contributed by atoms with van der Waals surface area (Å²) >= 11 is 0. The topological polar surface area (TPSA) is 87.5 Å². The van der Waals surface area contributed by atoms with E-state index in [0.717, 1.165) is 39.0 Å². The first kappa shape index (κ1) is 20.7. The molecule has 0 aliphatic carbocycles. The van der Waals surface area contributed by atoms with Gasteiger partial charge in [0, 0.05) is 34.0 Å². The average molecular weight is 420 g/mol. The van der Waals surface area contributed by atoms with Crippen LogP contribution < -0.4 is 0 Å². The van der Waals surface area contributed by atoms with Crippen LogP contribution in [0.1, 0.15) is 44.2 Å². The van der Waals surface area contributed by atoms with Gasteiger partial charge in [-0.3, -0.25) is 14.2 Å². The lowest BCUT2D eigenvalue weighted by molar-refractivity contribution is -0.141. The first-order valence-corrected chi connectivity index (χ1v) is 10.0. The summed E-state index contributed by atoms with van der Waals surface area (Å²) in [5.74, 6) is 0.550. The molecule has 0 unspecified atom stereocenters.